The average molecular weight is 203 g/mol. The SMILES string of the molecule is CC(=O)Cc1ccc2c(c1)CC(C)N2C. The molecular weight excluding hydrogens is 186 g/mol. The molecule has 1 aliphatic rings. The number of rotatable bonds is 2. The van der Waals surface area contributed by atoms with Crippen LogP contribution in [-0.2, 0) is 17.6 Å². The molecule has 1 atom stereocenters. The smallest absolute Gasteiger partial charge is 0.134 e. The molecule has 1 aliphatic heterocycles. The Hall–Kier alpha value is -1.31. The monoisotopic (exact) mass is 203 g/mol. The number of ketones is 1. The summed E-state index contributed by atoms with van der Waals surface area (Å²) in [7, 11) is 2.13. The summed E-state index contributed by atoms with van der Waals surface area (Å²) in [4.78, 5) is 13.3. The number of hydrogen-bond acceptors (Lipinski definition) is 2. The van der Waals surface area contributed by atoms with E-state index in [0.29, 0.717) is 12.5 Å². The molecule has 1 unspecified atom stereocenters. The second-order valence-corrected chi connectivity index (χ2v) is 4.51. The van der Waals surface area contributed by atoms with E-state index in [2.05, 4.69) is 37.1 Å². The first-order chi connectivity index (χ1) is 7.08. The second-order valence-electron chi connectivity index (χ2n) is 4.51. The van der Waals surface area contributed by atoms with Gasteiger partial charge >= 0.3 is 0 Å². The van der Waals surface area contributed by atoms with Gasteiger partial charge in [-0.25, -0.2) is 0 Å². The van der Waals surface area contributed by atoms with Gasteiger partial charge in [0.15, 0.2) is 0 Å². The zero-order valence-electron chi connectivity index (χ0n) is 9.58. The molecule has 2 nitrogen and oxygen atoms in total. The highest BCUT2D eigenvalue weighted by atomic mass is 16.1. The lowest BCUT2D eigenvalue weighted by Crippen LogP contribution is -2.23. The van der Waals surface area contributed by atoms with Gasteiger partial charge in [0.2, 0.25) is 0 Å². The Kier molecular flexibility index (Phi) is 2.51. The number of carbonyl (C=O) groups is 1. The van der Waals surface area contributed by atoms with E-state index in [9.17, 15) is 4.79 Å². The predicted molar refractivity (Wildman–Crippen MR) is 62.4 cm³/mol. The zero-order chi connectivity index (χ0) is 11.0. The summed E-state index contributed by atoms with van der Waals surface area (Å²) in [6, 6.07) is 6.95. The van der Waals surface area contributed by atoms with E-state index in [1.165, 1.54) is 11.3 Å². The summed E-state index contributed by atoms with van der Waals surface area (Å²) >= 11 is 0. The van der Waals surface area contributed by atoms with E-state index >= 15 is 0 Å². The highest BCUT2D eigenvalue weighted by molar-refractivity contribution is 5.78. The van der Waals surface area contributed by atoms with Crippen LogP contribution in [0.25, 0.3) is 0 Å². The van der Waals surface area contributed by atoms with Crippen LogP contribution in [0.1, 0.15) is 25.0 Å². The Balaban J connectivity index is 2.29. The van der Waals surface area contributed by atoms with Crippen molar-refractivity contribution in [2.45, 2.75) is 32.7 Å². The number of fused-ring (bicyclic) bond motifs is 1. The van der Waals surface area contributed by atoms with Crippen LogP contribution in [0.15, 0.2) is 18.2 Å². The molecule has 1 aromatic rings. The van der Waals surface area contributed by atoms with Crippen molar-refractivity contribution in [3.63, 3.8) is 0 Å². The summed E-state index contributed by atoms with van der Waals surface area (Å²) in [5.41, 5.74) is 3.84. The molecule has 0 spiro atoms. The molecule has 0 amide bonds. The van der Waals surface area contributed by atoms with Crippen molar-refractivity contribution < 1.29 is 4.79 Å². The minimum Gasteiger partial charge on any atom is -0.371 e. The Bertz CT molecular complexity index is 398. The molecule has 1 heterocycles. The Morgan fingerprint density at radius 2 is 2.27 bits per heavy atom. The minimum atomic E-state index is 0.231. The van der Waals surface area contributed by atoms with Crippen LogP contribution < -0.4 is 4.90 Å². The minimum absolute atomic E-state index is 0.231. The van der Waals surface area contributed by atoms with Crippen LogP contribution >= 0.6 is 0 Å². The van der Waals surface area contributed by atoms with Gasteiger partial charge in [0.1, 0.15) is 5.78 Å². The van der Waals surface area contributed by atoms with E-state index in [-0.39, 0.29) is 5.78 Å². The molecule has 0 saturated heterocycles. The van der Waals surface area contributed by atoms with Crippen molar-refractivity contribution in [1.29, 1.82) is 0 Å². The van der Waals surface area contributed by atoms with Crippen LogP contribution in [-0.4, -0.2) is 18.9 Å². The highest BCUT2D eigenvalue weighted by Crippen LogP contribution is 2.31. The van der Waals surface area contributed by atoms with E-state index in [0.717, 1.165) is 12.0 Å². The van der Waals surface area contributed by atoms with Crippen LogP contribution in [0.4, 0.5) is 5.69 Å². The molecule has 0 bridgehead atoms. The molecule has 1 aromatic carbocycles. The largest absolute Gasteiger partial charge is 0.371 e. The first kappa shape index (κ1) is 10.2. The highest BCUT2D eigenvalue weighted by Gasteiger charge is 2.22. The van der Waals surface area contributed by atoms with Crippen molar-refractivity contribution in [3.8, 4) is 0 Å². The molecule has 0 fully saturated rings. The molecule has 0 aliphatic carbocycles. The molecule has 2 heteroatoms. The van der Waals surface area contributed by atoms with Crippen molar-refractivity contribution in [3.05, 3.63) is 29.3 Å². The fourth-order valence-electron chi connectivity index (χ4n) is 2.24. The van der Waals surface area contributed by atoms with Crippen LogP contribution in [0, 0.1) is 0 Å². The normalized spacial score (nSPS) is 19.1. The molecule has 80 valence electrons. The van der Waals surface area contributed by atoms with Gasteiger partial charge in [-0.05, 0) is 37.5 Å². The summed E-state index contributed by atoms with van der Waals surface area (Å²) in [5, 5.41) is 0. The van der Waals surface area contributed by atoms with Gasteiger partial charge in [-0.15, -0.1) is 0 Å². The Labute approximate surface area is 90.9 Å². The van der Waals surface area contributed by atoms with Gasteiger partial charge in [0, 0.05) is 25.2 Å². The van der Waals surface area contributed by atoms with E-state index in [1.54, 1.807) is 6.92 Å². The maximum Gasteiger partial charge on any atom is 0.134 e. The van der Waals surface area contributed by atoms with Crippen molar-refractivity contribution in [2.75, 3.05) is 11.9 Å². The quantitative estimate of drug-likeness (QED) is 0.734. The molecule has 15 heavy (non-hydrogen) atoms. The predicted octanol–water partition coefficient (Wildman–Crippen LogP) is 2.20. The lowest BCUT2D eigenvalue weighted by atomic mass is 10.0. The molecule has 0 saturated carbocycles. The third-order valence-corrected chi connectivity index (χ3v) is 3.15. The van der Waals surface area contributed by atoms with Crippen LogP contribution in [0.5, 0.6) is 0 Å². The number of Topliss-reactive ketones (excluding diaryl/α,β-unsaturated/α-hetero) is 1. The summed E-state index contributed by atoms with van der Waals surface area (Å²) in [5.74, 6) is 0.231. The number of hydrogen-bond donors (Lipinski definition) is 0. The van der Waals surface area contributed by atoms with Gasteiger partial charge in [-0.2, -0.15) is 0 Å². The molecule has 0 aromatic heterocycles. The Morgan fingerprint density at radius 3 is 2.93 bits per heavy atom. The molecule has 0 N–H and O–H groups in total. The van der Waals surface area contributed by atoms with Gasteiger partial charge < -0.3 is 4.90 Å². The standard InChI is InChI=1S/C13H17NO/c1-9-6-12-8-11(7-10(2)15)4-5-13(12)14(9)3/h4-5,8-9H,6-7H2,1-3H3. The van der Waals surface area contributed by atoms with Gasteiger partial charge in [-0.3, -0.25) is 4.79 Å². The lowest BCUT2D eigenvalue weighted by molar-refractivity contribution is -0.116. The van der Waals surface area contributed by atoms with Crippen molar-refractivity contribution in [2.24, 2.45) is 0 Å². The number of carbonyl (C=O) groups excluding carboxylic acids is 1. The van der Waals surface area contributed by atoms with Gasteiger partial charge in [0.05, 0.1) is 0 Å². The average Bonchev–Trinajstić information content (AvgIpc) is 2.41. The third-order valence-electron chi connectivity index (χ3n) is 3.15. The summed E-state index contributed by atoms with van der Waals surface area (Å²) < 4.78 is 0. The Morgan fingerprint density at radius 1 is 1.53 bits per heavy atom. The van der Waals surface area contributed by atoms with E-state index in [4.69, 9.17) is 0 Å². The topological polar surface area (TPSA) is 20.3 Å². The molecule has 0 radical (unpaired) electrons. The van der Waals surface area contributed by atoms with Gasteiger partial charge in [-0.1, -0.05) is 12.1 Å². The first-order valence-electron chi connectivity index (χ1n) is 5.42. The van der Waals surface area contributed by atoms with Gasteiger partial charge in [0.25, 0.3) is 0 Å². The number of anilines is 1. The zero-order valence-corrected chi connectivity index (χ0v) is 9.58. The van der Waals surface area contributed by atoms with Crippen molar-refractivity contribution in [1.82, 2.24) is 0 Å². The number of benzene rings is 1. The van der Waals surface area contributed by atoms with Crippen LogP contribution in [0.2, 0.25) is 0 Å². The summed E-state index contributed by atoms with van der Waals surface area (Å²) in [6.45, 7) is 3.87. The summed E-state index contributed by atoms with van der Waals surface area (Å²) in [6.07, 6.45) is 1.66. The first-order valence-corrected chi connectivity index (χ1v) is 5.42. The number of nitrogens with zero attached hydrogens (tertiary/aromatic N) is 1. The maximum absolute atomic E-state index is 11.0. The van der Waals surface area contributed by atoms with E-state index in [1.807, 2.05) is 0 Å². The van der Waals surface area contributed by atoms with Crippen molar-refractivity contribution >= 4 is 11.5 Å². The van der Waals surface area contributed by atoms with Crippen LogP contribution in [0.3, 0.4) is 0 Å². The third kappa shape index (κ3) is 1.89. The maximum atomic E-state index is 11.0. The fourth-order valence-corrected chi connectivity index (χ4v) is 2.24. The lowest BCUT2D eigenvalue weighted by Gasteiger charge is -2.18. The fraction of sp³-hybridized carbons (Fsp3) is 0.462. The molecule has 2 rings (SSSR count). The number of likely N-dealkylation sites (N-methyl/N-ethyl adjacent to an activating group) is 1. The van der Waals surface area contributed by atoms with E-state index < -0.39 is 0 Å². The second kappa shape index (κ2) is 3.69. The molecular formula is C13H17NO.